The van der Waals surface area contributed by atoms with Crippen LogP contribution in [0, 0.1) is 0 Å². The number of quaternary nitrogens is 1. The zero-order valence-electron chi connectivity index (χ0n) is 8.39. The number of furan rings is 1. The van der Waals surface area contributed by atoms with Crippen molar-refractivity contribution in [2.24, 2.45) is 0 Å². The van der Waals surface area contributed by atoms with Crippen molar-refractivity contribution in [2.45, 2.75) is 13.1 Å². The predicted molar refractivity (Wildman–Crippen MR) is 56.1 cm³/mol. The van der Waals surface area contributed by atoms with Gasteiger partial charge in [0, 0.05) is 5.56 Å². The molecule has 1 aromatic heterocycles. The van der Waals surface area contributed by atoms with Gasteiger partial charge < -0.3 is 14.8 Å². The summed E-state index contributed by atoms with van der Waals surface area (Å²) in [5.41, 5.74) is 0.948. The molecule has 0 atom stereocenters. The summed E-state index contributed by atoms with van der Waals surface area (Å²) >= 11 is 0. The first-order chi connectivity index (χ1) is 7.36. The fourth-order valence-electron chi connectivity index (χ4n) is 1.48. The van der Waals surface area contributed by atoms with Crippen molar-refractivity contribution >= 4 is 0 Å². The maximum Gasteiger partial charge on any atom is 0.157 e. The smallest absolute Gasteiger partial charge is 0.157 e. The molecular weight excluding hydrogens is 190 g/mol. The second kappa shape index (κ2) is 4.66. The van der Waals surface area contributed by atoms with Crippen molar-refractivity contribution in [1.29, 1.82) is 0 Å². The van der Waals surface area contributed by atoms with Crippen molar-refractivity contribution in [2.75, 3.05) is 0 Å². The maximum atomic E-state index is 9.52. The van der Waals surface area contributed by atoms with Crippen molar-refractivity contribution in [1.82, 2.24) is 0 Å². The summed E-state index contributed by atoms with van der Waals surface area (Å²) in [6.45, 7) is 1.55. The van der Waals surface area contributed by atoms with Crippen LogP contribution >= 0.6 is 0 Å². The van der Waals surface area contributed by atoms with E-state index in [-0.39, 0.29) is 0 Å². The Morgan fingerprint density at radius 2 is 1.93 bits per heavy atom. The van der Waals surface area contributed by atoms with E-state index in [9.17, 15) is 5.11 Å². The monoisotopic (exact) mass is 204 g/mol. The molecule has 0 unspecified atom stereocenters. The van der Waals surface area contributed by atoms with E-state index < -0.39 is 0 Å². The minimum atomic E-state index is 0.355. The van der Waals surface area contributed by atoms with Gasteiger partial charge in [-0.05, 0) is 24.3 Å². The number of hydrogen-bond acceptors (Lipinski definition) is 2. The quantitative estimate of drug-likeness (QED) is 0.787. The third-order valence-corrected chi connectivity index (χ3v) is 2.28. The van der Waals surface area contributed by atoms with Gasteiger partial charge in [-0.15, -0.1) is 0 Å². The van der Waals surface area contributed by atoms with E-state index in [0.717, 1.165) is 24.4 Å². The summed E-state index contributed by atoms with van der Waals surface area (Å²) in [6.07, 6.45) is 1.67. The molecule has 0 aliphatic carbocycles. The Morgan fingerprint density at radius 1 is 1.07 bits per heavy atom. The first kappa shape index (κ1) is 9.80. The highest BCUT2D eigenvalue weighted by atomic mass is 16.3. The normalized spacial score (nSPS) is 10.4. The SMILES string of the molecule is Oc1ccccc1C[NH2+]Cc1ccco1. The maximum absolute atomic E-state index is 9.52. The molecule has 2 aromatic rings. The first-order valence-corrected chi connectivity index (χ1v) is 4.97. The minimum Gasteiger partial charge on any atom is -0.507 e. The second-order valence-corrected chi connectivity index (χ2v) is 3.40. The highest BCUT2D eigenvalue weighted by molar-refractivity contribution is 5.30. The lowest BCUT2D eigenvalue weighted by Crippen LogP contribution is -2.80. The number of hydrogen-bond donors (Lipinski definition) is 2. The fraction of sp³-hybridized carbons (Fsp3) is 0.167. The van der Waals surface area contributed by atoms with Gasteiger partial charge in [0.15, 0.2) is 5.76 Å². The van der Waals surface area contributed by atoms with Gasteiger partial charge in [0.1, 0.15) is 18.8 Å². The van der Waals surface area contributed by atoms with Crippen molar-refractivity contribution in [3.05, 3.63) is 54.0 Å². The number of phenolic OH excluding ortho intramolecular Hbond substituents is 1. The molecule has 15 heavy (non-hydrogen) atoms. The molecule has 0 aliphatic rings. The van der Waals surface area contributed by atoms with Gasteiger partial charge in [-0.3, -0.25) is 0 Å². The van der Waals surface area contributed by atoms with Crippen LogP contribution < -0.4 is 5.32 Å². The van der Waals surface area contributed by atoms with E-state index in [0.29, 0.717) is 5.75 Å². The molecule has 0 saturated heterocycles. The van der Waals surface area contributed by atoms with E-state index in [1.807, 2.05) is 30.3 Å². The zero-order chi connectivity index (χ0) is 10.5. The lowest BCUT2D eigenvalue weighted by Gasteiger charge is -2.02. The lowest BCUT2D eigenvalue weighted by atomic mass is 10.2. The Hall–Kier alpha value is -1.74. The Labute approximate surface area is 88.4 Å². The van der Waals surface area contributed by atoms with Gasteiger partial charge in [0.25, 0.3) is 0 Å². The van der Waals surface area contributed by atoms with Crippen LogP contribution in [0.2, 0.25) is 0 Å². The number of benzene rings is 1. The lowest BCUT2D eigenvalue weighted by molar-refractivity contribution is -0.688. The topological polar surface area (TPSA) is 50.0 Å². The molecule has 0 aliphatic heterocycles. The molecule has 3 N–H and O–H groups in total. The first-order valence-electron chi connectivity index (χ1n) is 4.97. The number of para-hydroxylation sites is 1. The van der Waals surface area contributed by atoms with Crippen molar-refractivity contribution < 1.29 is 14.8 Å². The zero-order valence-corrected chi connectivity index (χ0v) is 8.39. The Morgan fingerprint density at radius 3 is 2.67 bits per heavy atom. The van der Waals surface area contributed by atoms with E-state index >= 15 is 0 Å². The van der Waals surface area contributed by atoms with Crippen LogP contribution in [0.15, 0.2) is 47.1 Å². The van der Waals surface area contributed by atoms with Crippen LogP contribution in [0.3, 0.4) is 0 Å². The largest absolute Gasteiger partial charge is 0.507 e. The van der Waals surface area contributed by atoms with E-state index in [1.165, 1.54) is 0 Å². The molecule has 1 heterocycles. The van der Waals surface area contributed by atoms with Crippen LogP contribution in [0.4, 0.5) is 0 Å². The Balaban J connectivity index is 1.86. The summed E-state index contributed by atoms with van der Waals surface area (Å²) in [4.78, 5) is 0. The highest BCUT2D eigenvalue weighted by Gasteiger charge is 2.02. The molecule has 0 bridgehead atoms. The molecule has 0 fully saturated rings. The van der Waals surface area contributed by atoms with Gasteiger partial charge in [0.05, 0.1) is 6.26 Å². The summed E-state index contributed by atoms with van der Waals surface area (Å²) in [7, 11) is 0. The number of phenols is 1. The molecule has 0 radical (unpaired) electrons. The van der Waals surface area contributed by atoms with Gasteiger partial charge >= 0.3 is 0 Å². The average Bonchev–Trinajstić information content (AvgIpc) is 2.74. The van der Waals surface area contributed by atoms with E-state index in [2.05, 4.69) is 5.32 Å². The number of rotatable bonds is 4. The molecule has 0 amide bonds. The molecule has 3 nitrogen and oxygen atoms in total. The second-order valence-electron chi connectivity index (χ2n) is 3.40. The molecule has 2 rings (SSSR count). The highest BCUT2D eigenvalue weighted by Crippen LogP contribution is 2.13. The minimum absolute atomic E-state index is 0.355. The van der Waals surface area contributed by atoms with E-state index in [1.54, 1.807) is 12.3 Å². The third-order valence-electron chi connectivity index (χ3n) is 2.28. The third kappa shape index (κ3) is 2.60. The van der Waals surface area contributed by atoms with Crippen LogP contribution in [0.25, 0.3) is 0 Å². The van der Waals surface area contributed by atoms with Crippen LogP contribution in [0.1, 0.15) is 11.3 Å². The predicted octanol–water partition coefficient (Wildman–Crippen LogP) is 1.25. The number of aromatic hydroxyl groups is 1. The molecule has 78 valence electrons. The van der Waals surface area contributed by atoms with Gasteiger partial charge in [-0.2, -0.15) is 0 Å². The van der Waals surface area contributed by atoms with Crippen LogP contribution in [0.5, 0.6) is 5.75 Å². The van der Waals surface area contributed by atoms with Crippen molar-refractivity contribution in [3.63, 3.8) is 0 Å². The molecule has 0 spiro atoms. The van der Waals surface area contributed by atoms with Crippen LogP contribution in [-0.4, -0.2) is 5.11 Å². The molecule has 0 saturated carbocycles. The summed E-state index contributed by atoms with van der Waals surface area (Å²) in [6, 6.07) is 11.2. The van der Waals surface area contributed by atoms with Crippen LogP contribution in [-0.2, 0) is 13.1 Å². The molecular formula is C12H14NO2+. The standard InChI is InChI=1S/C12H13NO2/c14-12-6-2-1-4-10(12)8-13-9-11-5-3-7-15-11/h1-7,13-14H,8-9H2/p+1. The summed E-state index contributed by atoms with van der Waals surface area (Å²) in [5, 5.41) is 11.6. The Bertz CT molecular complexity index is 409. The van der Waals surface area contributed by atoms with Gasteiger partial charge in [0.2, 0.25) is 0 Å². The molecule has 1 aromatic carbocycles. The number of nitrogens with two attached hydrogens (primary N) is 1. The van der Waals surface area contributed by atoms with Gasteiger partial charge in [-0.1, -0.05) is 12.1 Å². The fourth-order valence-corrected chi connectivity index (χ4v) is 1.48. The summed E-state index contributed by atoms with van der Waals surface area (Å²) < 4.78 is 5.21. The van der Waals surface area contributed by atoms with Gasteiger partial charge in [-0.25, -0.2) is 0 Å². The molecule has 3 heteroatoms. The van der Waals surface area contributed by atoms with E-state index in [4.69, 9.17) is 4.42 Å². The summed E-state index contributed by atoms with van der Waals surface area (Å²) in [5.74, 6) is 1.30. The Kier molecular flexibility index (Phi) is 3.05. The average molecular weight is 204 g/mol. The van der Waals surface area contributed by atoms with Crippen molar-refractivity contribution in [3.8, 4) is 5.75 Å².